The fourth-order valence-corrected chi connectivity index (χ4v) is 4.11. The number of hydrogen-bond acceptors (Lipinski definition) is 4. The zero-order valence-corrected chi connectivity index (χ0v) is 10.6. The van der Waals surface area contributed by atoms with Gasteiger partial charge in [-0.15, -0.1) is 0 Å². The minimum absolute atomic E-state index is 0.247. The average Bonchev–Trinajstić information content (AvgIpc) is 2.72. The maximum Gasteiger partial charge on any atom is 0.154 e. The topological polar surface area (TPSA) is 64.8 Å². The fourth-order valence-electron chi connectivity index (χ4n) is 2.62. The molecule has 5 nitrogen and oxygen atoms in total. The molecule has 0 unspecified atom stereocenters. The summed E-state index contributed by atoms with van der Waals surface area (Å²) in [6, 6.07) is 0. The second kappa shape index (κ2) is 4.08. The lowest BCUT2D eigenvalue weighted by molar-refractivity contribution is 0.473. The first-order valence-electron chi connectivity index (χ1n) is 6.28. The number of fused-ring (bicyclic) bond motifs is 1. The van der Waals surface area contributed by atoms with Gasteiger partial charge in [0.05, 0.1) is 11.5 Å². The number of sulfone groups is 1. The van der Waals surface area contributed by atoms with E-state index in [9.17, 15) is 8.42 Å². The van der Waals surface area contributed by atoms with E-state index in [0.717, 1.165) is 24.6 Å². The van der Waals surface area contributed by atoms with Crippen molar-refractivity contribution in [1.82, 2.24) is 14.8 Å². The lowest BCUT2D eigenvalue weighted by Crippen LogP contribution is -2.22. The number of nitrogens with zero attached hydrogens (tertiary/aromatic N) is 3. The van der Waals surface area contributed by atoms with E-state index in [-0.39, 0.29) is 5.92 Å². The lowest BCUT2D eigenvalue weighted by atomic mass is 10.0. The summed E-state index contributed by atoms with van der Waals surface area (Å²) in [5.74, 6) is 2.79. The molecule has 0 radical (unpaired) electrons. The highest BCUT2D eigenvalue weighted by Gasteiger charge is 2.28. The maximum absolute atomic E-state index is 11.4. The summed E-state index contributed by atoms with van der Waals surface area (Å²) < 4.78 is 24.8. The summed E-state index contributed by atoms with van der Waals surface area (Å²) in [7, 11) is -2.79. The van der Waals surface area contributed by atoms with Gasteiger partial charge in [0.25, 0.3) is 0 Å². The number of hydrogen-bond donors (Lipinski definition) is 0. The first-order chi connectivity index (χ1) is 8.14. The zero-order chi connectivity index (χ0) is 11.9. The molecule has 3 rings (SSSR count). The Kier molecular flexibility index (Phi) is 2.69. The van der Waals surface area contributed by atoms with Gasteiger partial charge in [0.15, 0.2) is 5.82 Å². The SMILES string of the molecule is O=S1(=O)CCC(c2nc3n(n2)CCCC3)CC1. The van der Waals surface area contributed by atoms with Crippen LogP contribution in [-0.4, -0.2) is 34.7 Å². The van der Waals surface area contributed by atoms with Gasteiger partial charge in [-0.05, 0) is 25.7 Å². The van der Waals surface area contributed by atoms with Crippen molar-refractivity contribution in [2.24, 2.45) is 0 Å². The quantitative estimate of drug-likeness (QED) is 0.748. The Morgan fingerprint density at radius 1 is 1.18 bits per heavy atom. The molecule has 0 N–H and O–H groups in total. The predicted molar refractivity (Wildman–Crippen MR) is 63.6 cm³/mol. The van der Waals surface area contributed by atoms with Gasteiger partial charge in [0, 0.05) is 18.9 Å². The van der Waals surface area contributed by atoms with Crippen LogP contribution in [0.25, 0.3) is 0 Å². The van der Waals surface area contributed by atoms with Crippen LogP contribution in [0.5, 0.6) is 0 Å². The normalized spacial score (nSPS) is 24.5. The maximum atomic E-state index is 11.4. The number of aryl methyl sites for hydroxylation is 2. The minimum atomic E-state index is -2.79. The third kappa shape index (κ3) is 2.22. The van der Waals surface area contributed by atoms with Crippen LogP contribution in [-0.2, 0) is 22.8 Å². The zero-order valence-electron chi connectivity index (χ0n) is 9.80. The highest BCUT2D eigenvalue weighted by atomic mass is 32.2. The Bertz CT molecular complexity index is 483. The minimum Gasteiger partial charge on any atom is -0.250 e. The molecule has 1 saturated heterocycles. The third-order valence-electron chi connectivity index (χ3n) is 3.70. The molecule has 0 saturated carbocycles. The Morgan fingerprint density at radius 2 is 1.94 bits per heavy atom. The van der Waals surface area contributed by atoms with E-state index in [1.165, 1.54) is 12.8 Å². The monoisotopic (exact) mass is 255 g/mol. The second-order valence-corrected chi connectivity index (χ2v) is 7.30. The summed E-state index contributed by atoms with van der Waals surface area (Å²) in [6.07, 6.45) is 4.75. The van der Waals surface area contributed by atoms with Crippen LogP contribution in [0.2, 0.25) is 0 Å². The molecule has 2 aliphatic rings. The van der Waals surface area contributed by atoms with Crippen LogP contribution >= 0.6 is 0 Å². The summed E-state index contributed by atoms with van der Waals surface area (Å²) in [5.41, 5.74) is 0. The second-order valence-electron chi connectivity index (χ2n) is 4.99. The molecular formula is C11H17N3O2S. The van der Waals surface area contributed by atoms with Crippen molar-refractivity contribution < 1.29 is 8.42 Å². The largest absolute Gasteiger partial charge is 0.250 e. The molecule has 0 bridgehead atoms. The van der Waals surface area contributed by atoms with Gasteiger partial charge in [0.2, 0.25) is 0 Å². The van der Waals surface area contributed by atoms with E-state index in [1.807, 2.05) is 4.68 Å². The number of aromatic nitrogens is 3. The molecule has 94 valence electrons. The van der Waals surface area contributed by atoms with E-state index >= 15 is 0 Å². The molecule has 0 spiro atoms. The van der Waals surface area contributed by atoms with Gasteiger partial charge in [-0.1, -0.05) is 0 Å². The highest BCUT2D eigenvalue weighted by Crippen LogP contribution is 2.27. The van der Waals surface area contributed by atoms with Crippen molar-refractivity contribution in [1.29, 1.82) is 0 Å². The van der Waals surface area contributed by atoms with Crippen molar-refractivity contribution in [2.75, 3.05) is 11.5 Å². The van der Waals surface area contributed by atoms with Crippen molar-refractivity contribution in [3.63, 3.8) is 0 Å². The predicted octanol–water partition coefficient (Wildman–Crippen LogP) is 0.907. The summed E-state index contributed by atoms with van der Waals surface area (Å²) in [6.45, 7) is 0.966. The molecule has 1 fully saturated rings. The molecule has 17 heavy (non-hydrogen) atoms. The highest BCUT2D eigenvalue weighted by molar-refractivity contribution is 7.91. The van der Waals surface area contributed by atoms with Crippen molar-refractivity contribution in [2.45, 2.75) is 44.6 Å². The molecule has 0 aromatic carbocycles. The first kappa shape index (κ1) is 11.2. The molecular weight excluding hydrogens is 238 g/mol. The Labute approximate surface area is 101 Å². The molecule has 1 aromatic rings. The van der Waals surface area contributed by atoms with E-state index in [2.05, 4.69) is 10.1 Å². The van der Waals surface area contributed by atoms with Crippen LogP contribution < -0.4 is 0 Å². The van der Waals surface area contributed by atoms with Crippen LogP contribution in [0, 0.1) is 0 Å². The lowest BCUT2D eigenvalue weighted by Gasteiger charge is -2.18. The van der Waals surface area contributed by atoms with E-state index in [4.69, 9.17) is 0 Å². The van der Waals surface area contributed by atoms with Crippen LogP contribution in [0.3, 0.4) is 0 Å². The molecule has 6 heteroatoms. The molecule has 2 aliphatic heterocycles. The smallest absolute Gasteiger partial charge is 0.154 e. The van der Waals surface area contributed by atoms with Crippen LogP contribution in [0.1, 0.15) is 43.3 Å². The molecule has 1 aromatic heterocycles. The molecule has 0 atom stereocenters. The summed E-state index contributed by atoms with van der Waals surface area (Å²) >= 11 is 0. The van der Waals surface area contributed by atoms with Crippen molar-refractivity contribution in [3.05, 3.63) is 11.6 Å². The number of rotatable bonds is 1. The third-order valence-corrected chi connectivity index (χ3v) is 5.42. The fraction of sp³-hybridized carbons (Fsp3) is 0.818. The average molecular weight is 255 g/mol. The van der Waals surface area contributed by atoms with Crippen LogP contribution in [0.4, 0.5) is 0 Å². The molecule has 3 heterocycles. The first-order valence-corrected chi connectivity index (χ1v) is 8.10. The summed E-state index contributed by atoms with van der Waals surface area (Å²) in [4.78, 5) is 4.58. The molecule has 0 amide bonds. The van der Waals surface area contributed by atoms with Gasteiger partial charge >= 0.3 is 0 Å². The molecule has 0 aliphatic carbocycles. The van der Waals surface area contributed by atoms with Gasteiger partial charge in [-0.3, -0.25) is 0 Å². The summed E-state index contributed by atoms with van der Waals surface area (Å²) in [5, 5.41) is 4.53. The van der Waals surface area contributed by atoms with Gasteiger partial charge in [0.1, 0.15) is 15.7 Å². The van der Waals surface area contributed by atoms with Gasteiger partial charge in [-0.2, -0.15) is 5.10 Å². The van der Waals surface area contributed by atoms with Gasteiger partial charge < -0.3 is 0 Å². The standard InChI is InChI=1S/C11H17N3O2S/c15-17(16)7-4-9(5-8-17)11-12-10-3-1-2-6-14(10)13-11/h9H,1-8H2. The van der Waals surface area contributed by atoms with E-state index < -0.39 is 9.84 Å². The van der Waals surface area contributed by atoms with E-state index in [1.54, 1.807) is 0 Å². The van der Waals surface area contributed by atoms with Crippen LogP contribution in [0.15, 0.2) is 0 Å². The van der Waals surface area contributed by atoms with Gasteiger partial charge in [-0.25, -0.2) is 18.1 Å². The van der Waals surface area contributed by atoms with Crippen molar-refractivity contribution in [3.8, 4) is 0 Å². The van der Waals surface area contributed by atoms with E-state index in [0.29, 0.717) is 24.3 Å². The van der Waals surface area contributed by atoms with Crippen molar-refractivity contribution >= 4 is 9.84 Å². The Morgan fingerprint density at radius 3 is 2.65 bits per heavy atom. The Balaban J connectivity index is 1.79. The Hall–Kier alpha value is -0.910.